The number of hydrogen-bond acceptors (Lipinski definition) is 4. The lowest BCUT2D eigenvalue weighted by molar-refractivity contribution is -0.113. The van der Waals surface area contributed by atoms with Crippen LogP contribution >= 0.6 is 39.3 Å². The number of anilines is 1. The van der Waals surface area contributed by atoms with Crippen LogP contribution in [0.1, 0.15) is 5.69 Å². The molecule has 0 radical (unpaired) electrons. The van der Waals surface area contributed by atoms with E-state index in [9.17, 15) is 9.59 Å². The van der Waals surface area contributed by atoms with Gasteiger partial charge in [0.25, 0.3) is 5.56 Å². The molecule has 25 heavy (non-hydrogen) atoms. The third-order valence-corrected chi connectivity index (χ3v) is 4.97. The summed E-state index contributed by atoms with van der Waals surface area (Å²) in [6.45, 7) is 0. The van der Waals surface area contributed by atoms with Crippen molar-refractivity contribution in [3.63, 3.8) is 0 Å². The second-order valence-corrected chi connectivity index (χ2v) is 7.55. The summed E-state index contributed by atoms with van der Waals surface area (Å²) in [5, 5.41) is 3.41. The van der Waals surface area contributed by atoms with E-state index in [1.807, 2.05) is 6.07 Å². The Kier molecular flexibility index (Phi) is 5.78. The van der Waals surface area contributed by atoms with Gasteiger partial charge in [-0.05, 0) is 52.3 Å². The zero-order valence-electron chi connectivity index (χ0n) is 12.9. The van der Waals surface area contributed by atoms with Crippen molar-refractivity contribution in [3.8, 4) is 0 Å². The first kappa shape index (κ1) is 18.0. The van der Waals surface area contributed by atoms with Gasteiger partial charge in [0.05, 0.1) is 11.4 Å². The Morgan fingerprint density at radius 3 is 2.76 bits per heavy atom. The Bertz CT molecular complexity index is 976. The van der Waals surface area contributed by atoms with Crippen molar-refractivity contribution in [3.05, 3.63) is 74.2 Å². The fourth-order valence-corrected chi connectivity index (χ4v) is 3.36. The van der Waals surface area contributed by atoms with Gasteiger partial charge in [-0.2, -0.15) is 0 Å². The van der Waals surface area contributed by atoms with E-state index >= 15 is 0 Å². The molecule has 0 bridgehead atoms. The van der Waals surface area contributed by atoms with Crippen molar-refractivity contribution in [2.75, 3.05) is 11.1 Å². The van der Waals surface area contributed by atoms with Crippen molar-refractivity contribution < 1.29 is 4.79 Å². The number of aromatic nitrogens is 2. The largest absolute Gasteiger partial charge is 0.325 e. The Hall–Kier alpha value is -1.83. The van der Waals surface area contributed by atoms with E-state index in [0.29, 0.717) is 27.8 Å². The van der Waals surface area contributed by atoms with Gasteiger partial charge in [0, 0.05) is 33.2 Å². The van der Waals surface area contributed by atoms with Crippen molar-refractivity contribution in [1.82, 2.24) is 9.38 Å². The van der Waals surface area contributed by atoms with Crippen LogP contribution in [0.15, 0.2) is 57.9 Å². The third-order valence-electron chi connectivity index (χ3n) is 3.29. The van der Waals surface area contributed by atoms with Crippen LogP contribution < -0.4 is 10.9 Å². The molecule has 1 aromatic carbocycles. The quantitative estimate of drug-likeness (QED) is 0.654. The lowest BCUT2D eigenvalue weighted by Gasteiger charge is -2.06. The Morgan fingerprint density at radius 1 is 1.24 bits per heavy atom. The topological polar surface area (TPSA) is 63.5 Å². The average Bonchev–Trinajstić information content (AvgIpc) is 2.58. The molecule has 2 heterocycles. The van der Waals surface area contributed by atoms with Crippen LogP contribution in [0, 0.1) is 0 Å². The predicted octanol–water partition coefficient (Wildman–Crippen LogP) is 3.98. The van der Waals surface area contributed by atoms with Gasteiger partial charge in [-0.1, -0.05) is 11.6 Å². The minimum Gasteiger partial charge on any atom is -0.325 e. The molecule has 0 aliphatic carbocycles. The van der Waals surface area contributed by atoms with E-state index in [4.69, 9.17) is 11.6 Å². The monoisotopic (exact) mass is 437 g/mol. The number of carbonyl (C=O) groups is 1. The number of thioether (sulfide) groups is 1. The molecule has 0 atom stereocenters. The molecular formula is C17H13BrClN3O2S. The van der Waals surface area contributed by atoms with E-state index in [0.717, 1.165) is 4.47 Å². The number of pyridine rings is 1. The van der Waals surface area contributed by atoms with E-state index < -0.39 is 0 Å². The van der Waals surface area contributed by atoms with Crippen LogP contribution in [0.2, 0.25) is 5.02 Å². The van der Waals surface area contributed by atoms with E-state index in [2.05, 4.69) is 26.2 Å². The maximum absolute atomic E-state index is 12.1. The van der Waals surface area contributed by atoms with E-state index in [1.54, 1.807) is 36.5 Å². The number of carbonyl (C=O) groups excluding carboxylic acids is 1. The van der Waals surface area contributed by atoms with Crippen molar-refractivity contribution in [2.45, 2.75) is 5.75 Å². The molecule has 0 fully saturated rings. The van der Waals surface area contributed by atoms with Gasteiger partial charge in [-0.25, -0.2) is 4.98 Å². The predicted molar refractivity (Wildman–Crippen MR) is 105 cm³/mol. The highest BCUT2D eigenvalue weighted by molar-refractivity contribution is 9.10. The summed E-state index contributed by atoms with van der Waals surface area (Å²) in [7, 11) is 0. The van der Waals surface area contributed by atoms with Crippen LogP contribution in [0.25, 0.3) is 5.65 Å². The Balaban J connectivity index is 1.59. The molecule has 1 amide bonds. The van der Waals surface area contributed by atoms with Crippen molar-refractivity contribution >= 4 is 56.5 Å². The molecule has 0 spiro atoms. The van der Waals surface area contributed by atoms with E-state index in [1.165, 1.54) is 22.2 Å². The number of fused-ring (bicyclic) bond motifs is 1. The highest BCUT2D eigenvalue weighted by atomic mass is 79.9. The Labute approximate surface area is 161 Å². The fourth-order valence-electron chi connectivity index (χ4n) is 2.18. The second kappa shape index (κ2) is 8.03. The molecule has 3 aromatic rings. The molecule has 3 rings (SSSR count). The van der Waals surface area contributed by atoms with Gasteiger partial charge in [-0.3, -0.25) is 14.0 Å². The molecule has 2 aromatic heterocycles. The second-order valence-electron chi connectivity index (χ2n) is 5.21. The van der Waals surface area contributed by atoms with Crippen LogP contribution in [-0.2, 0) is 10.5 Å². The Morgan fingerprint density at radius 2 is 2.00 bits per heavy atom. The molecule has 5 nitrogen and oxygen atoms in total. The van der Waals surface area contributed by atoms with Crippen molar-refractivity contribution in [1.29, 1.82) is 0 Å². The standard InChI is InChI=1S/C17H13BrClN3O2S/c18-11-1-6-15-20-14(7-17(24)22(15)8-11)9-25-10-16(23)21-13-4-2-12(19)3-5-13/h1-8H,9-10H2,(H,21,23). The van der Waals surface area contributed by atoms with Gasteiger partial charge < -0.3 is 5.32 Å². The first-order chi connectivity index (χ1) is 12.0. The number of rotatable bonds is 5. The van der Waals surface area contributed by atoms with Gasteiger partial charge in [0.2, 0.25) is 5.91 Å². The van der Waals surface area contributed by atoms with Gasteiger partial charge in [0.15, 0.2) is 0 Å². The summed E-state index contributed by atoms with van der Waals surface area (Å²) in [4.78, 5) is 28.5. The third kappa shape index (κ3) is 4.84. The minimum absolute atomic E-state index is 0.117. The normalized spacial score (nSPS) is 10.8. The smallest absolute Gasteiger partial charge is 0.258 e. The number of nitrogens with one attached hydrogen (secondary N) is 1. The maximum atomic E-state index is 12.1. The lowest BCUT2D eigenvalue weighted by Crippen LogP contribution is -2.16. The molecule has 0 saturated carbocycles. The molecule has 0 unspecified atom stereocenters. The summed E-state index contributed by atoms with van der Waals surface area (Å²) in [5.41, 5.74) is 1.78. The number of halogens is 2. The highest BCUT2D eigenvalue weighted by Crippen LogP contribution is 2.15. The minimum atomic E-state index is -0.146. The molecule has 8 heteroatoms. The van der Waals surface area contributed by atoms with Crippen LogP contribution in [-0.4, -0.2) is 21.0 Å². The summed E-state index contributed by atoms with van der Waals surface area (Å²) < 4.78 is 2.29. The van der Waals surface area contributed by atoms with Crippen LogP contribution in [0.4, 0.5) is 5.69 Å². The maximum Gasteiger partial charge on any atom is 0.258 e. The number of benzene rings is 1. The zero-order chi connectivity index (χ0) is 17.8. The number of nitrogens with zero attached hydrogens (tertiary/aromatic N) is 2. The van der Waals surface area contributed by atoms with Crippen LogP contribution in [0.5, 0.6) is 0 Å². The molecule has 1 N–H and O–H groups in total. The molecular weight excluding hydrogens is 426 g/mol. The van der Waals surface area contributed by atoms with Gasteiger partial charge >= 0.3 is 0 Å². The summed E-state index contributed by atoms with van der Waals surface area (Å²) in [5.74, 6) is 0.633. The molecule has 0 saturated heterocycles. The lowest BCUT2D eigenvalue weighted by atomic mass is 10.3. The van der Waals surface area contributed by atoms with Crippen LogP contribution in [0.3, 0.4) is 0 Å². The van der Waals surface area contributed by atoms with E-state index in [-0.39, 0.29) is 17.2 Å². The SMILES string of the molecule is O=C(CSCc1cc(=O)n2cc(Br)ccc2n1)Nc1ccc(Cl)cc1. The average molecular weight is 439 g/mol. The fraction of sp³-hybridized carbons (Fsp3) is 0.118. The molecule has 0 aliphatic heterocycles. The number of hydrogen-bond donors (Lipinski definition) is 1. The summed E-state index contributed by atoms with van der Waals surface area (Å²) >= 11 is 10.5. The molecule has 0 aliphatic rings. The zero-order valence-corrected chi connectivity index (χ0v) is 16.1. The van der Waals surface area contributed by atoms with Crippen molar-refractivity contribution in [2.24, 2.45) is 0 Å². The van der Waals surface area contributed by atoms with Gasteiger partial charge in [-0.15, -0.1) is 11.8 Å². The first-order valence-electron chi connectivity index (χ1n) is 7.32. The summed E-state index contributed by atoms with van der Waals surface area (Å²) in [6, 6.07) is 12.0. The molecule has 128 valence electrons. The summed E-state index contributed by atoms with van der Waals surface area (Å²) in [6.07, 6.45) is 1.68. The first-order valence-corrected chi connectivity index (χ1v) is 9.65. The van der Waals surface area contributed by atoms with Gasteiger partial charge in [0.1, 0.15) is 5.65 Å². The number of amides is 1. The highest BCUT2D eigenvalue weighted by Gasteiger charge is 2.06.